The highest BCUT2D eigenvalue weighted by molar-refractivity contribution is 6.02. The standard InChI is InChI=1S/C15H19N3O4/c1-10-6-5-7-11(12(10)18(21)22)13(19)17-15(14(16)20)8-3-2-4-9-15/h5-7H,2-4,8-9H2,1H3,(H2,16,20)(H,17,19). The van der Waals surface area contributed by atoms with Gasteiger partial charge in [0.2, 0.25) is 5.91 Å². The molecule has 0 bridgehead atoms. The zero-order valence-electron chi connectivity index (χ0n) is 12.4. The minimum atomic E-state index is -1.10. The molecule has 1 aromatic rings. The average Bonchev–Trinajstić information content (AvgIpc) is 2.47. The van der Waals surface area contributed by atoms with E-state index in [9.17, 15) is 19.7 Å². The van der Waals surface area contributed by atoms with E-state index >= 15 is 0 Å². The minimum Gasteiger partial charge on any atom is -0.368 e. The van der Waals surface area contributed by atoms with Gasteiger partial charge in [0, 0.05) is 5.56 Å². The number of benzene rings is 1. The van der Waals surface area contributed by atoms with Gasteiger partial charge in [-0.15, -0.1) is 0 Å². The smallest absolute Gasteiger partial charge is 0.285 e. The molecule has 0 spiro atoms. The molecule has 0 unspecified atom stereocenters. The van der Waals surface area contributed by atoms with Gasteiger partial charge >= 0.3 is 0 Å². The zero-order chi connectivity index (χ0) is 16.3. The van der Waals surface area contributed by atoms with E-state index in [1.54, 1.807) is 19.1 Å². The molecule has 1 aromatic carbocycles. The normalized spacial score (nSPS) is 16.8. The Morgan fingerprint density at radius 3 is 2.45 bits per heavy atom. The van der Waals surface area contributed by atoms with Crippen molar-refractivity contribution in [3.05, 3.63) is 39.4 Å². The third-order valence-corrected chi connectivity index (χ3v) is 4.20. The molecule has 1 fully saturated rings. The van der Waals surface area contributed by atoms with Crippen LogP contribution in [0.5, 0.6) is 0 Å². The van der Waals surface area contributed by atoms with E-state index < -0.39 is 22.3 Å². The Hall–Kier alpha value is -2.44. The molecule has 0 heterocycles. The first-order chi connectivity index (χ1) is 10.4. The monoisotopic (exact) mass is 305 g/mol. The molecule has 1 saturated carbocycles. The molecule has 1 aliphatic carbocycles. The predicted molar refractivity (Wildman–Crippen MR) is 80.3 cm³/mol. The van der Waals surface area contributed by atoms with Crippen molar-refractivity contribution >= 4 is 17.5 Å². The number of hydrogen-bond donors (Lipinski definition) is 2. The molecule has 0 aliphatic heterocycles. The number of nitro benzene ring substituents is 1. The van der Waals surface area contributed by atoms with Gasteiger partial charge in [0.25, 0.3) is 11.6 Å². The lowest BCUT2D eigenvalue weighted by atomic mass is 9.81. The Morgan fingerprint density at radius 1 is 1.27 bits per heavy atom. The maximum absolute atomic E-state index is 12.5. The van der Waals surface area contributed by atoms with E-state index in [2.05, 4.69) is 5.32 Å². The van der Waals surface area contributed by atoms with Crippen molar-refractivity contribution in [2.45, 2.75) is 44.6 Å². The van der Waals surface area contributed by atoms with Gasteiger partial charge in [-0.1, -0.05) is 31.4 Å². The van der Waals surface area contributed by atoms with E-state index in [1.807, 2.05) is 0 Å². The van der Waals surface area contributed by atoms with E-state index in [1.165, 1.54) is 6.07 Å². The van der Waals surface area contributed by atoms with Crippen LogP contribution in [0, 0.1) is 17.0 Å². The zero-order valence-corrected chi connectivity index (χ0v) is 12.4. The molecule has 0 radical (unpaired) electrons. The maximum Gasteiger partial charge on any atom is 0.285 e. The van der Waals surface area contributed by atoms with Crippen LogP contribution in [0.25, 0.3) is 0 Å². The van der Waals surface area contributed by atoms with E-state index in [0.717, 1.165) is 19.3 Å². The number of para-hydroxylation sites is 1. The summed E-state index contributed by atoms with van der Waals surface area (Å²) in [7, 11) is 0. The number of aryl methyl sites for hydroxylation is 1. The summed E-state index contributed by atoms with van der Waals surface area (Å²) in [6, 6.07) is 4.53. The summed E-state index contributed by atoms with van der Waals surface area (Å²) >= 11 is 0. The number of primary amides is 1. The van der Waals surface area contributed by atoms with Crippen molar-refractivity contribution in [2.24, 2.45) is 5.73 Å². The lowest BCUT2D eigenvalue weighted by Crippen LogP contribution is -2.58. The molecule has 3 N–H and O–H groups in total. The highest BCUT2D eigenvalue weighted by Crippen LogP contribution is 2.30. The summed E-state index contributed by atoms with van der Waals surface area (Å²) in [6.07, 6.45) is 3.50. The Bertz CT molecular complexity index is 621. The molecule has 0 aromatic heterocycles. The van der Waals surface area contributed by atoms with E-state index in [4.69, 9.17) is 5.73 Å². The molecule has 1 aliphatic rings. The first-order valence-corrected chi connectivity index (χ1v) is 7.24. The SMILES string of the molecule is Cc1cccc(C(=O)NC2(C(N)=O)CCCCC2)c1[N+](=O)[O-]. The molecule has 0 atom stereocenters. The number of amides is 2. The summed E-state index contributed by atoms with van der Waals surface area (Å²) in [5.74, 6) is -1.22. The van der Waals surface area contributed by atoms with Gasteiger partial charge in [0.05, 0.1) is 4.92 Å². The Balaban J connectivity index is 2.34. The molecule has 2 amide bonds. The largest absolute Gasteiger partial charge is 0.368 e. The number of rotatable bonds is 4. The Labute approximate surface area is 128 Å². The van der Waals surface area contributed by atoms with Crippen molar-refractivity contribution in [3.63, 3.8) is 0 Å². The number of nitro groups is 1. The second kappa shape index (κ2) is 6.13. The second-order valence-corrected chi connectivity index (χ2v) is 5.69. The van der Waals surface area contributed by atoms with E-state index in [-0.39, 0.29) is 11.3 Å². The number of nitrogens with zero attached hydrogens (tertiary/aromatic N) is 1. The van der Waals surface area contributed by atoms with Crippen LogP contribution in [0.3, 0.4) is 0 Å². The third kappa shape index (κ3) is 2.93. The van der Waals surface area contributed by atoms with Gasteiger partial charge in [-0.25, -0.2) is 0 Å². The fraction of sp³-hybridized carbons (Fsp3) is 0.467. The van der Waals surface area contributed by atoms with Crippen LogP contribution in [-0.2, 0) is 4.79 Å². The van der Waals surface area contributed by atoms with Gasteiger partial charge in [-0.05, 0) is 25.8 Å². The predicted octanol–water partition coefficient (Wildman–Crippen LogP) is 1.82. The van der Waals surface area contributed by atoms with Gasteiger partial charge in [-0.2, -0.15) is 0 Å². The van der Waals surface area contributed by atoms with Crippen LogP contribution in [0.1, 0.15) is 48.0 Å². The van der Waals surface area contributed by atoms with Crippen LogP contribution in [0.15, 0.2) is 18.2 Å². The molecule has 22 heavy (non-hydrogen) atoms. The van der Waals surface area contributed by atoms with Crippen LogP contribution < -0.4 is 11.1 Å². The summed E-state index contributed by atoms with van der Waals surface area (Å²) in [6.45, 7) is 1.57. The Kier molecular flexibility index (Phi) is 4.44. The fourth-order valence-corrected chi connectivity index (χ4v) is 2.96. The molecular formula is C15H19N3O4. The third-order valence-electron chi connectivity index (χ3n) is 4.20. The van der Waals surface area contributed by atoms with Crippen molar-refractivity contribution in [1.82, 2.24) is 5.32 Å². The first kappa shape index (κ1) is 15.9. The minimum absolute atomic E-state index is 0.0452. The van der Waals surface area contributed by atoms with Crippen LogP contribution in [0.4, 0.5) is 5.69 Å². The van der Waals surface area contributed by atoms with Crippen LogP contribution >= 0.6 is 0 Å². The van der Waals surface area contributed by atoms with Crippen LogP contribution in [0.2, 0.25) is 0 Å². The number of nitrogens with one attached hydrogen (secondary N) is 1. The first-order valence-electron chi connectivity index (χ1n) is 7.24. The quantitative estimate of drug-likeness (QED) is 0.652. The fourth-order valence-electron chi connectivity index (χ4n) is 2.96. The van der Waals surface area contributed by atoms with Crippen LogP contribution in [-0.4, -0.2) is 22.3 Å². The molecule has 7 nitrogen and oxygen atoms in total. The lowest BCUT2D eigenvalue weighted by molar-refractivity contribution is -0.385. The van der Waals surface area contributed by atoms with Gasteiger partial charge < -0.3 is 11.1 Å². The molecular weight excluding hydrogens is 286 g/mol. The van der Waals surface area contributed by atoms with Crippen molar-refractivity contribution < 1.29 is 14.5 Å². The van der Waals surface area contributed by atoms with Crippen molar-refractivity contribution in [2.75, 3.05) is 0 Å². The summed E-state index contributed by atoms with van der Waals surface area (Å²) < 4.78 is 0. The summed E-state index contributed by atoms with van der Waals surface area (Å²) in [5, 5.41) is 13.8. The number of carbonyl (C=O) groups is 2. The lowest BCUT2D eigenvalue weighted by Gasteiger charge is -2.35. The molecule has 2 rings (SSSR count). The number of hydrogen-bond acceptors (Lipinski definition) is 4. The van der Waals surface area contributed by atoms with Gasteiger partial charge in [0.15, 0.2) is 0 Å². The maximum atomic E-state index is 12.5. The van der Waals surface area contributed by atoms with Gasteiger partial charge in [0.1, 0.15) is 11.1 Å². The Morgan fingerprint density at radius 2 is 1.91 bits per heavy atom. The molecule has 118 valence electrons. The van der Waals surface area contributed by atoms with Crippen molar-refractivity contribution in [3.8, 4) is 0 Å². The molecule has 7 heteroatoms. The summed E-state index contributed by atoms with van der Waals surface area (Å²) in [5.41, 5.74) is 4.48. The van der Waals surface area contributed by atoms with Gasteiger partial charge in [-0.3, -0.25) is 19.7 Å². The van der Waals surface area contributed by atoms with Crippen molar-refractivity contribution in [1.29, 1.82) is 0 Å². The molecule has 0 saturated heterocycles. The highest BCUT2D eigenvalue weighted by atomic mass is 16.6. The number of carbonyl (C=O) groups excluding carboxylic acids is 2. The average molecular weight is 305 g/mol. The summed E-state index contributed by atoms with van der Waals surface area (Å²) in [4.78, 5) is 34.9. The second-order valence-electron chi connectivity index (χ2n) is 5.69. The number of nitrogens with two attached hydrogens (primary N) is 1. The highest BCUT2D eigenvalue weighted by Gasteiger charge is 2.40. The topological polar surface area (TPSA) is 115 Å². The van der Waals surface area contributed by atoms with E-state index in [0.29, 0.717) is 18.4 Å².